The van der Waals surface area contributed by atoms with Gasteiger partial charge in [0, 0.05) is 18.2 Å². The quantitative estimate of drug-likeness (QED) is 0.281. The number of hydrogen-bond donors (Lipinski definition) is 1. The van der Waals surface area contributed by atoms with Gasteiger partial charge in [0.15, 0.2) is 11.6 Å². The SMILES string of the molecule is O=C(O)c1ccc2nc(CN3CCC(c4cccc(COc5ccc(Cl)cc5F)c4)C3)n(CC3CCO3)c2c1. The van der Waals surface area contributed by atoms with Crippen LogP contribution in [0.15, 0.2) is 60.7 Å². The predicted molar refractivity (Wildman–Crippen MR) is 146 cm³/mol. The van der Waals surface area contributed by atoms with Gasteiger partial charge >= 0.3 is 5.97 Å². The average Bonchev–Trinajstić information content (AvgIpc) is 3.50. The zero-order valence-corrected chi connectivity index (χ0v) is 22.1. The molecule has 1 N–H and O–H groups in total. The Kier molecular flexibility index (Phi) is 7.25. The number of ether oxygens (including phenoxy) is 2. The first-order chi connectivity index (χ1) is 18.9. The first-order valence-electron chi connectivity index (χ1n) is 13.2. The van der Waals surface area contributed by atoms with Crippen LogP contribution in [0.25, 0.3) is 11.0 Å². The summed E-state index contributed by atoms with van der Waals surface area (Å²) in [6.07, 6.45) is 2.15. The van der Waals surface area contributed by atoms with Crippen LogP contribution in [-0.4, -0.2) is 51.3 Å². The van der Waals surface area contributed by atoms with Crippen molar-refractivity contribution in [3.63, 3.8) is 0 Å². The standard InChI is InChI=1S/C30H29ClFN3O4/c31-23-5-7-28(25(32)14-23)39-18-19-2-1-3-20(12-19)22-8-10-34(15-22)17-29-33-26-6-4-21(30(36)37)13-27(26)35(29)16-24-9-11-38-24/h1-7,12-14,22,24H,8-11,15-18H2,(H,36,37). The highest BCUT2D eigenvalue weighted by atomic mass is 35.5. The zero-order chi connectivity index (χ0) is 26.9. The van der Waals surface area contributed by atoms with Crippen molar-refractivity contribution < 1.29 is 23.8 Å². The van der Waals surface area contributed by atoms with Gasteiger partial charge in [0.2, 0.25) is 0 Å². The Balaban J connectivity index is 1.15. The Morgan fingerprint density at radius 2 is 2.03 bits per heavy atom. The molecule has 2 atom stereocenters. The summed E-state index contributed by atoms with van der Waals surface area (Å²) in [5.74, 6) is 0.0561. The molecule has 2 fully saturated rings. The molecule has 0 amide bonds. The van der Waals surface area contributed by atoms with Gasteiger partial charge in [-0.25, -0.2) is 14.2 Å². The smallest absolute Gasteiger partial charge is 0.335 e. The molecule has 0 radical (unpaired) electrons. The van der Waals surface area contributed by atoms with E-state index in [1.807, 2.05) is 12.1 Å². The summed E-state index contributed by atoms with van der Waals surface area (Å²) in [4.78, 5) is 18.9. The van der Waals surface area contributed by atoms with E-state index in [2.05, 4.69) is 21.6 Å². The molecule has 0 aliphatic carbocycles. The van der Waals surface area contributed by atoms with E-state index in [0.717, 1.165) is 55.0 Å². The molecule has 7 nitrogen and oxygen atoms in total. The topological polar surface area (TPSA) is 76.8 Å². The van der Waals surface area contributed by atoms with E-state index in [1.54, 1.807) is 30.3 Å². The lowest BCUT2D eigenvalue weighted by Gasteiger charge is -2.28. The molecule has 3 heterocycles. The molecule has 2 saturated heterocycles. The minimum atomic E-state index is -0.945. The highest BCUT2D eigenvalue weighted by Gasteiger charge is 2.27. The minimum Gasteiger partial charge on any atom is -0.486 e. The third kappa shape index (κ3) is 5.64. The Labute approximate surface area is 230 Å². The second-order valence-electron chi connectivity index (χ2n) is 10.3. The van der Waals surface area contributed by atoms with Gasteiger partial charge in [-0.3, -0.25) is 4.90 Å². The van der Waals surface area contributed by atoms with E-state index in [1.165, 1.54) is 11.6 Å². The van der Waals surface area contributed by atoms with Crippen molar-refractivity contribution in [2.45, 2.75) is 44.6 Å². The van der Waals surface area contributed by atoms with Gasteiger partial charge in [0.1, 0.15) is 12.4 Å². The third-order valence-electron chi connectivity index (χ3n) is 7.60. The number of fused-ring (bicyclic) bond motifs is 1. The number of halogens is 2. The van der Waals surface area contributed by atoms with Crippen LogP contribution in [0, 0.1) is 5.82 Å². The van der Waals surface area contributed by atoms with E-state index in [-0.39, 0.29) is 24.0 Å². The maximum atomic E-state index is 14.1. The van der Waals surface area contributed by atoms with Crippen LogP contribution >= 0.6 is 11.6 Å². The van der Waals surface area contributed by atoms with E-state index < -0.39 is 11.8 Å². The monoisotopic (exact) mass is 549 g/mol. The molecule has 9 heteroatoms. The van der Waals surface area contributed by atoms with E-state index in [4.69, 9.17) is 26.1 Å². The van der Waals surface area contributed by atoms with Gasteiger partial charge in [0.05, 0.1) is 35.8 Å². The first kappa shape index (κ1) is 25.8. The fourth-order valence-corrected chi connectivity index (χ4v) is 5.56. The number of carboxylic acids is 1. The van der Waals surface area contributed by atoms with Crippen LogP contribution < -0.4 is 4.74 Å². The maximum Gasteiger partial charge on any atom is 0.335 e. The fourth-order valence-electron chi connectivity index (χ4n) is 5.40. The highest BCUT2D eigenvalue weighted by molar-refractivity contribution is 6.30. The number of nitrogens with zero attached hydrogens (tertiary/aromatic N) is 3. The second kappa shape index (κ2) is 11.0. The second-order valence-corrected chi connectivity index (χ2v) is 10.7. The normalized spacial score (nSPS) is 19.3. The molecule has 0 saturated carbocycles. The summed E-state index contributed by atoms with van der Waals surface area (Å²) >= 11 is 5.84. The first-order valence-corrected chi connectivity index (χ1v) is 13.5. The van der Waals surface area contributed by atoms with Crippen LogP contribution in [-0.2, 0) is 24.4 Å². The van der Waals surface area contributed by atoms with Crippen molar-refractivity contribution in [2.24, 2.45) is 0 Å². The number of hydrogen-bond acceptors (Lipinski definition) is 5. The zero-order valence-electron chi connectivity index (χ0n) is 21.4. The molecule has 0 bridgehead atoms. The van der Waals surface area contributed by atoms with Gasteiger partial charge < -0.3 is 19.1 Å². The molecule has 3 aromatic carbocycles. The summed E-state index contributed by atoms with van der Waals surface area (Å²) in [6.45, 7) is 4.21. The number of aromatic nitrogens is 2. The lowest BCUT2D eigenvalue weighted by molar-refractivity contribution is -0.0591. The molecule has 6 rings (SSSR count). The molecule has 0 spiro atoms. The summed E-state index contributed by atoms with van der Waals surface area (Å²) in [5, 5.41) is 9.83. The molecule has 39 heavy (non-hydrogen) atoms. The molecule has 202 valence electrons. The number of aromatic carboxylic acids is 1. The lowest BCUT2D eigenvalue weighted by Crippen LogP contribution is -2.32. The molecular weight excluding hydrogens is 521 g/mol. The summed E-state index contributed by atoms with van der Waals surface area (Å²) in [6, 6.07) is 17.8. The van der Waals surface area contributed by atoms with Gasteiger partial charge in [-0.15, -0.1) is 0 Å². The number of carbonyl (C=O) groups is 1. The number of imidazole rings is 1. The average molecular weight is 550 g/mol. The van der Waals surface area contributed by atoms with Crippen molar-refractivity contribution in [1.29, 1.82) is 0 Å². The van der Waals surface area contributed by atoms with E-state index >= 15 is 0 Å². The summed E-state index contributed by atoms with van der Waals surface area (Å²) in [5.41, 5.74) is 4.11. The number of carboxylic acid groups (broad SMARTS) is 1. The van der Waals surface area contributed by atoms with Crippen molar-refractivity contribution in [2.75, 3.05) is 19.7 Å². The molecule has 2 unspecified atom stereocenters. The van der Waals surface area contributed by atoms with Crippen LogP contribution in [0.2, 0.25) is 5.02 Å². The molecule has 4 aromatic rings. The van der Waals surface area contributed by atoms with Crippen LogP contribution in [0.1, 0.15) is 46.1 Å². The highest BCUT2D eigenvalue weighted by Crippen LogP contribution is 2.30. The molecular formula is C30H29ClFN3O4. The van der Waals surface area contributed by atoms with Crippen molar-refractivity contribution in [3.05, 3.63) is 94.0 Å². The van der Waals surface area contributed by atoms with Crippen LogP contribution in [0.3, 0.4) is 0 Å². The summed E-state index contributed by atoms with van der Waals surface area (Å²) < 4.78 is 27.6. The third-order valence-corrected chi connectivity index (χ3v) is 7.84. The maximum absolute atomic E-state index is 14.1. The Bertz CT molecular complexity index is 1520. The van der Waals surface area contributed by atoms with Crippen molar-refractivity contribution >= 4 is 28.6 Å². The molecule has 2 aliphatic heterocycles. The Hall–Kier alpha value is -3.46. The number of likely N-dealkylation sites (tertiary alicyclic amines) is 1. The van der Waals surface area contributed by atoms with E-state index in [0.29, 0.717) is 24.0 Å². The van der Waals surface area contributed by atoms with Gasteiger partial charge in [-0.05, 0) is 72.8 Å². The van der Waals surface area contributed by atoms with Crippen molar-refractivity contribution in [3.8, 4) is 5.75 Å². The number of benzene rings is 3. The Morgan fingerprint density at radius 1 is 1.15 bits per heavy atom. The van der Waals surface area contributed by atoms with Crippen LogP contribution in [0.4, 0.5) is 4.39 Å². The summed E-state index contributed by atoms with van der Waals surface area (Å²) in [7, 11) is 0. The van der Waals surface area contributed by atoms with E-state index in [9.17, 15) is 14.3 Å². The van der Waals surface area contributed by atoms with Crippen molar-refractivity contribution in [1.82, 2.24) is 14.5 Å². The van der Waals surface area contributed by atoms with Gasteiger partial charge in [-0.1, -0.05) is 35.9 Å². The lowest BCUT2D eigenvalue weighted by atomic mass is 9.97. The van der Waals surface area contributed by atoms with Crippen LogP contribution in [0.5, 0.6) is 5.75 Å². The minimum absolute atomic E-state index is 0.132. The largest absolute Gasteiger partial charge is 0.486 e. The molecule has 2 aliphatic rings. The number of rotatable bonds is 9. The molecule has 1 aromatic heterocycles. The fraction of sp³-hybridized carbons (Fsp3) is 0.333. The Morgan fingerprint density at radius 3 is 2.79 bits per heavy atom. The van der Waals surface area contributed by atoms with Gasteiger partial charge in [-0.2, -0.15) is 0 Å². The van der Waals surface area contributed by atoms with Gasteiger partial charge in [0.25, 0.3) is 0 Å². The predicted octanol–water partition coefficient (Wildman–Crippen LogP) is 5.88.